The van der Waals surface area contributed by atoms with Gasteiger partial charge >= 0.3 is 5.97 Å². The van der Waals surface area contributed by atoms with Crippen LogP contribution >= 0.6 is 0 Å². The fourth-order valence-electron chi connectivity index (χ4n) is 1.91. The molecule has 0 atom stereocenters. The highest BCUT2D eigenvalue weighted by Gasteiger charge is 2.21. The third-order valence-electron chi connectivity index (χ3n) is 3.32. The maximum absolute atomic E-state index is 13.5. The Labute approximate surface area is 122 Å². The van der Waals surface area contributed by atoms with Gasteiger partial charge in [0.1, 0.15) is 17.1 Å². The molecule has 0 heterocycles. The average molecular weight is 297 g/mol. The number of phenolic OH excluding ortho intramolecular Hbond substituents is 1. The molecular formula is C15H20FNO4. The van der Waals surface area contributed by atoms with Crippen LogP contribution < -0.4 is 5.32 Å². The Kier molecular flexibility index (Phi) is 5.69. The summed E-state index contributed by atoms with van der Waals surface area (Å²) in [5, 5.41) is 20.7. The highest BCUT2D eigenvalue weighted by molar-refractivity contribution is 5.97. The van der Waals surface area contributed by atoms with Crippen LogP contribution in [0.2, 0.25) is 0 Å². The molecule has 0 spiro atoms. The number of amides is 1. The number of carboxylic acid groups (broad SMARTS) is 1. The topological polar surface area (TPSA) is 86.6 Å². The first-order valence-electron chi connectivity index (χ1n) is 6.70. The summed E-state index contributed by atoms with van der Waals surface area (Å²) in [6.07, 6.45) is 1.11. The van der Waals surface area contributed by atoms with Gasteiger partial charge in [-0.2, -0.15) is 0 Å². The number of hydrogen-bond donors (Lipinski definition) is 3. The van der Waals surface area contributed by atoms with Crippen LogP contribution in [0.1, 0.15) is 43.5 Å². The van der Waals surface area contributed by atoms with Crippen molar-refractivity contribution in [2.75, 3.05) is 6.54 Å². The molecule has 0 bridgehead atoms. The number of phenols is 1. The first kappa shape index (κ1) is 16.9. The van der Waals surface area contributed by atoms with E-state index < -0.39 is 23.4 Å². The van der Waals surface area contributed by atoms with Gasteiger partial charge in [0.15, 0.2) is 0 Å². The zero-order valence-electron chi connectivity index (χ0n) is 12.1. The maximum Gasteiger partial charge on any atom is 0.303 e. The van der Waals surface area contributed by atoms with E-state index in [1.165, 1.54) is 12.1 Å². The predicted molar refractivity (Wildman–Crippen MR) is 75.7 cm³/mol. The summed E-state index contributed by atoms with van der Waals surface area (Å²) in [4.78, 5) is 22.4. The van der Waals surface area contributed by atoms with Crippen LogP contribution in [0.25, 0.3) is 0 Å². The summed E-state index contributed by atoms with van der Waals surface area (Å²) >= 11 is 0. The van der Waals surface area contributed by atoms with Gasteiger partial charge in [-0.15, -0.1) is 0 Å². The molecule has 21 heavy (non-hydrogen) atoms. The minimum Gasteiger partial charge on any atom is -0.507 e. The Bertz CT molecular complexity index is 508. The molecule has 0 radical (unpaired) electrons. The van der Waals surface area contributed by atoms with Crippen molar-refractivity contribution in [1.82, 2.24) is 5.32 Å². The molecule has 0 fully saturated rings. The van der Waals surface area contributed by atoms with E-state index in [1.807, 2.05) is 13.8 Å². The largest absolute Gasteiger partial charge is 0.507 e. The Hall–Kier alpha value is -2.11. The number of carbonyl (C=O) groups is 2. The van der Waals surface area contributed by atoms with E-state index in [-0.39, 0.29) is 23.9 Å². The molecule has 0 unspecified atom stereocenters. The summed E-state index contributed by atoms with van der Waals surface area (Å²) in [7, 11) is 0. The summed E-state index contributed by atoms with van der Waals surface area (Å²) in [6, 6.07) is 3.66. The highest BCUT2D eigenvalue weighted by atomic mass is 19.1. The van der Waals surface area contributed by atoms with Crippen LogP contribution in [0.3, 0.4) is 0 Å². The van der Waals surface area contributed by atoms with Crippen molar-refractivity contribution in [2.24, 2.45) is 5.41 Å². The lowest BCUT2D eigenvalue weighted by atomic mass is 9.84. The lowest BCUT2D eigenvalue weighted by Crippen LogP contribution is -2.29. The molecule has 1 amide bonds. The fourth-order valence-corrected chi connectivity index (χ4v) is 1.91. The standard InChI is InChI=1S/C15H20FNO4/c1-15(2,7-6-12(19)20)8-9-17-14(21)13-10(16)4-3-5-11(13)18/h3-5,18H,6-9H2,1-2H3,(H,17,21)(H,19,20). The van der Waals surface area contributed by atoms with Gasteiger partial charge in [-0.3, -0.25) is 9.59 Å². The number of rotatable bonds is 7. The van der Waals surface area contributed by atoms with Crippen LogP contribution in [-0.2, 0) is 4.79 Å². The first-order chi connectivity index (χ1) is 9.73. The summed E-state index contributed by atoms with van der Waals surface area (Å²) in [5.74, 6) is -2.72. The van der Waals surface area contributed by atoms with Crippen LogP contribution in [-0.4, -0.2) is 28.6 Å². The van der Waals surface area contributed by atoms with Gasteiger partial charge in [0, 0.05) is 13.0 Å². The zero-order valence-corrected chi connectivity index (χ0v) is 12.1. The Morgan fingerprint density at radius 1 is 1.29 bits per heavy atom. The smallest absolute Gasteiger partial charge is 0.303 e. The predicted octanol–water partition coefficient (Wildman–Crippen LogP) is 2.54. The monoisotopic (exact) mass is 297 g/mol. The van der Waals surface area contributed by atoms with E-state index in [0.717, 1.165) is 6.07 Å². The molecule has 0 saturated heterocycles. The lowest BCUT2D eigenvalue weighted by molar-refractivity contribution is -0.137. The summed E-state index contributed by atoms with van der Waals surface area (Å²) in [5.41, 5.74) is -0.621. The molecule has 0 aliphatic heterocycles. The van der Waals surface area contributed by atoms with Crippen molar-refractivity contribution >= 4 is 11.9 Å². The van der Waals surface area contributed by atoms with Crippen LogP contribution in [0.4, 0.5) is 4.39 Å². The van der Waals surface area contributed by atoms with Crippen molar-refractivity contribution in [2.45, 2.75) is 33.1 Å². The van der Waals surface area contributed by atoms with E-state index in [1.54, 1.807) is 0 Å². The molecule has 0 saturated carbocycles. The van der Waals surface area contributed by atoms with Crippen LogP contribution in [0, 0.1) is 11.2 Å². The minimum atomic E-state index is -0.858. The molecule has 1 aromatic rings. The van der Waals surface area contributed by atoms with Gasteiger partial charge in [0.05, 0.1) is 0 Å². The number of nitrogens with one attached hydrogen (secondary N) is 1. The highest BCUT2D eigenvalue weighted by Crippen LogP contribution is 2.26. The van der Waals surface area contributed by atoms with E-state index in [9.17, 15) is 19.1 Å². The van der Waals surface area contributed by atoms with Gasteiger partial charge < -0.3 is 15.5 Å². The molecule has 1 rings (SSSR count). The number of aliphatic carboxylic acids is 1. The third kappa shape index (κ3) is 5.41. The number of carboxylic acids is 1. The Balaban J connectivity index is 2.52. The molecule has 0 aliphatic rings. The van der Waals surface area contributed by atoms with Gasteiger partial charge in [-0.05, 0) is 30.4 Å². The normalized spacial score (nSPS) is 11.2. The van der Waals surface area contributed by atoms with Gasteiger partial charge in [0.25, 0.3) is 5.91 Å². The van der Waals surface area contributed by atoms with Crippen LogP contribution in [0.5, 0.6) is 5.75 Å². The van der Waals surface area contributed by atoms with Crippen molar-refractivity contribution < 1.29 is 24.2 Å². The average Bonchev–Trinajstić information content (AvgIpc) is 2.36. The van der Waals surface area contributed by atoms with Crippen molar-refractivity contribution in [1.29, 1.82) is 0 Å². The second kappa shape index (κ2) is 7.06. The van der Waals surface area contributed by atoms with Gasteiger partial charge in [-0.1, -0.05) is 19.9 Å². The van der Waals surface area contributed by atoms with E-state index in [0.29, 0.717) is 12.8 Å². The summed E-state index contributed by atoms with van der Waals surface area (Å²) < 4.78 is 13.5. The number of aromatic hydroxyl groups is 1. The second-order valence-corrected chi connectivity index (χ2v) is 5.70. The first-order valence-corrected chi connectivity index (χ1v) is 6.70. The maximum atomic E-state index is 13.5. The molecule has 1 aromatic carbocycles. The number of halogens is 1. The Morgan fingerprint density at radius 2 is 1.95 bits per heavy atom. The van der Waals surface area contributed by atoms with E-state index >= 15 is 0 Å². The number of benzene rings is 1. The summed E-state index contributed by atoms with van der Waals surface area (Å²) in [6.45, 7) is 4.09. The zero-order chi connectivity index (χ0) is 16.0. The molecule has 0 aliphatic carbocycles. The van der Waals surface area contributed by atoms with Crippen LogP contribution in [0.15, 0.2) is 18.2 Å². The van der Waals surface area contributed by atoms with Crippen molar-refractivity contribution in [3.8, 4) is 5.75 Å². The van der Waals surface area contributed by atoms with Gasteiger partial charge in [-0.25, -0.2) is 4.39 Å². The van der Waals surface area contributed by atoms with E-state index in [2.05, 4.69) is 5.32 Å². The SMILES string of the molecule is CC(C)(CCNC(=O)c1c(O)cccc1F)CCC(=O)O. The quantitative estimate of drug-likeness (QED) is 0.722. The number of hydrogen-bond acceptors (Lipinski definition) is 3. The fraction of sp³-hybridized carbons (Fsp3) is 0.467. The second-order valence-electron chi connectivity index (χ2n) is 5.70. The molecule has 0 aromatic heterocycles. The van der Waals surface area contributed by atoms with Crippen molar-refractivity contribution in [3.63, 3.8) is 0 Å². The molecule has 5 nitrogen and oxygen atoms in total. The Morgan fingerprint density at radius 3 is 2.52 bits per heavy atom. The third-order valence-corrected chi connectivity index (χ3v) is 3.32. The minimum absolute atomic E-state index is 0.0645. The lowest BCUT2D eigenvalue weighted by Gasteiger charge is -2.23. The number of carbonyl (C=O) groups excluding carboxylic acids is 1. The molecule has 6 heteroatoms. The van der Waals surface area contributed by atoms with E-state index in [4.69, 9.17) is 5.11 Å². The molecular weight excluding hydrogens is 277 g/mol. The van der Waals surface area contributed by atoms with Gasteiger partial charge in [0.2, 0.25) is 0 Å². The molecule has 116 valence electrons. The molecule has 3 N–H and O–H groups in total. The van der Waals surface area contributed by atoms with Crippen molar-refractivity contribution in [3.05, 3.63) is 29.6 Å².